The van der Waals surface area contributed by atoms with Gasteiger partial charge in [-0.2, -0.15) is 9.78 Å². The van der Waals surface area contributed by atoms with E-state index < -0.39 is 4.92 Å². The maximum absolute atomic E-state index is 13.0. The second-order valence-corrected chi connectivity index (χ2v) is 8.01. The van der Waals surface area contributed by atoms with Crippen LogP contribution >= 0.6 is 11.3 Å². The highest BCUT2D eigenvalue weighted by atomic mass is 32.1. The first-order valence-electron chi connectivity index (χ1n) is 8.97. The van der Waals surface area contributed by atoms with Crippen molar-refractivity contribution in [2.24, 2.45) is 5.10 Å². The van der Waals surface area contributed by atoms with E-state index in [9.17, 15) is 14.9 Å². The molecule has 4 rings (SSSR count). The van der Waals surface area contributed by atoms with Crippen molar-refractivity contribution in [3.05, 3.63) is 61.0 Å². The molecule has 0 saturated heterocycles. The zero-order chi connectivity index (χ0) is 19.8. The van der Waals surface area contributed by atoms with Crippen LogP contribution in [0.2, 0.25) is 0 Å². The highest BCUT2D eigenvalue weighted by Gasteiger charge is 2.20. The second kappa shape index (κ2) is 7.16. The molecule has 0 fully saturated rings. The number of aromatic nitrogens is 2. The SMILES string of the molecule is CN(C)c1ccc([N+](=O)[O-])cc1/C=N\n1cnc2sc3c(c2c1=O)CCCC3. The third kappa shape index (κ3) is 3.18. The first-order chi connectivity index (χ1) is 13.5. The molecule has 1 aromatic carbocycles. The lowest BCUT2D eigenvalue weighted by atomic mass is 9.97. The number of anilines is 1. The molecule has 9 heteroatoms. The Balaban J connectivity index is 1.79. The summed E-state index contributed by atoms with van der Waals surface area (Å²) in [5.41, 5.74) is 2.21. The van der Waals surface area contributed by atoms with Gasteiger partial charge >= 0.3 is 0 Å². The van der Waals surface area contributed by atoms with Crippen LogP contribution in [0.25, 0.3) is 10.2 Å². The Hall–Kier alpha value is -3.07. The molecule has 0 atom stereocenters. The van der Waals surface area contributed by atoms with Crippen molar-refractivity contribution in [3.63, 3.8) is 0 Å². The van der Waals surface area contributed by atoms with Crippen LogP contribution in [0.5, 0.6) is 0 Å². The smallest absolute Gasteiger partial charge is 0.282 e. The molecule has 1 aliphatic carbocycles. The number of hydrogen-bond acceptors (Lipinski definition) is 7. The van der Waals surface area contributed by atoms with Gasteiger partial charge in [-0.3, -0.25) is 14.9 Å². The van der Waals surface area contributed by atoms with Crippen molar-refractivity contribution in [2.75, 3.05) is 19.0 Å². The number of nitro benzene ring substituents is 1. The summed E-state index contributed by atoms with van der Waals surface area (Å²) in [6, 6.07) is 4.56. The predicted molar refractivity (Wildman–Crippen MR) is 111 cm³/mol. The van der Waals surface area contributed by atoms with E-state index in [2.05, 4.69) is 10.1 Å². The van der Waals surface area contributed by atoms with Crippen LogP contribution in [-0.2, 0) is 12.8 Å². The Labute approximate surface area is 164 Å². The van der Waals surface area contributed by atoms with E-state index in [1.807, 2.05) is 19.0 Å². The molecule has 1 aliphatic rings. The molecule has 8 nitrogen and oxygen atoms in total. The molecule has 3 aromatic rings. The molecule has 0 saturated carbocycles. The number of nitro groups is 1. The van der Waals surface area contributed by atoms with Crippen LogP contribution in [0.4, 0.5) is 11.4 Å². The largest absolute Gasteiger partial charge is 0.377 e. The van der Waals surface area contributed by atoms with Crippen LogP contribution in [0, 0.1) is 10.1 Å². The Morgan fingerprint density at radius 1 is 1.32 bits per heavy atom. The van der Waals surface area contributed by atoms with Gasteiger partial charge in [0.1, 0.15) is 11.2 Å². The Morgan fingerprint density at radius 2 is 2.11 bits per heavy atom. The van der Waals surface area contributed by atoms with Crippen molar-refractivity contribution < 1.29 is 4.92 Å². The molecule has 0 unspecified atom stereocenters. The van der Waals surface area contributed by atoms with Crippen LogP contribution < -0.4 is 10.5 Å². The quantitative estimate of drug-likeness (QED) is 0.383. The van der Waals surface area contributed by atoms with Gasteiger partial charge in [0.25, 0.3) is 11.2 Å². The molecule has 2 heterocycles. The lowest BCUT2D eigenvalue weighted by Gasteiger charge is -2.14. The summed E-state index contributed by atoms with van der Waals surface area (Å²) in [6.07, 6.45) is 7.00. The maximum atomic E-state index is 13.0. The zero-order valence-electron chi connectivity index (χ0n) is 15.6. The fourth-order valence-electron chi connectivity index (χ4n) is 3.51. The van der Waals surface area contributed by atoms with E-state index in [0.717, 1.165) is 41.8 Å². The Kier molecular flexibility index (Phi) is 4.68. The summed E-state index contributed by atoms with van der Waals surface area (Å²) in [7, 11) is 3.69. The van der Waals surface area contributed by atoms with Gasteiger partial charge in [0, 0.05) is 42.4 Å². The summed E-state index contributed by atoms with van der Waals surface area (Å²) in [4.78, 5) is 31.9. The number of thiophene rings is 1. The highest BCUT2D eigenvalue weighted by molar-refractivity contribution is 7.18. The fraction of sp³-hybridized carbons (Fsp3) is 0.316. The average molecular weight is 397 g/mol. The second-order valence-electron chi connectivity index (χ2n) is 6.92. The molecule has 144 valence electrons. The first-order valence-corrected chi connectivity index (χ1v) is 9.79. The fourth-order valence-corrected chi connectivity index (χ4v) is 4.73. The van der Waals surface area contributed by atoms with E-state index in [1.165, 1.54) is 34.2 Å². The van der Waals surface area contributed by atoms with Gasteiger partial charge in [-0.15, -0.1) is 11.3 Å². The van der Waals surface area contributed by atoms with Crippen molar-refractivity contribution in [1.29, 1.82) is 0 Å². The molecule has 2 aromatic heterocycles. The van der Waals surface area contributed by atoms with Crippen molar-refractivity contribution in [2.45, 2.75) is 25.7 Å². The van der Waals surface area contributed by atoms with Gasteiger partial charge in [0.15, 0.2) is 0 Å². The maximum Gasteiger partial charge on any atom is 0.282 e. The average Bonchev–Trinajstić information content (AvgIpc) is 3.06. The van der Waals surface area contributed by atoms with Crippen LogP contribution in [-0.4, -0.2) is 34.9 Å². The molecule has 0 bridgehead atoms. The standard InChI is InChI=1S/C19H19N5O3S/c1-22(2)15-8-7-13(24(26)27)9-12(15)10-21-23-11-20-18-17(19(23)25)14-5-3-4-6-16(14)28-18/h7-11H,3-6H2,1-2H3/b21-10-. The van der Waals surface area contributed by atoms with Crippen LogP contribution in [0.15, 0.2) is 34.4 Å². The normalized spacial score (nSPS) is 13.8. The molecular formula is C19H19N5O3S. The molecule has 0 aliphatic heterocycles. The Bertz CT molecular complexity index is 1160. The number of nitrogens with zero attached hydrogens (tertiary/aromatic N) is 5. The van der Waals surface area contributed by atoms with Gasteiger partial charge in [0.2, 0.25) is 0 Å². The summed E-state index contributed by atoms with van der Waals surface area (Å²) < 4.78 is 1.21. The van der Waals surface area contributed by atoms with Gasteiger partial charge in [-0.05, 0) is 37.3 Å². The lowest BCUT2D eigenvalue weighted by molar-refractivity contribution is -0.384. The van der Waals surface area contributed by atoms with Crippen LogP contribution in [0.1, 0.15) is 28.8 Å². The molecule has 0 radical (unpaired) electrons. The minimum absolute atomic E-state index is 0.0279. The van der Waals surface area contributed by atoms with Gasteiger partial charge in [0.05, 0.1) is 16.5 Å². The minimum Gasteiger partial charge on any atom is -0.377 e. The predicted octanol–water partition coefficient (Wildman–Crippen LogP) is 3.19. The van der Waals surface area contributed by atoms with E-state index in [4.69, 9.17) is 0 Å². The summed E-state index contributed by atoms with van der Waals surface area (Å²) in [6.45, 7) is 0. The van der Waals surface area contributed by atoms with E-state index in [0.29, 0.717) is 10.9 Å². The number of non-ortho nitro benzene ring substituents is 1. The van der Waals surface area contributed by atoms with E-state index in [1.54, 1.807) is 17.4 Å². The number of hydrogen-bond donors (Lipinski definition) is 0. The summed E-state index contributed by atoms with van der Waals surface area (Å²) in [5, 5.41) is 16.0. The third-order valence-electron chi connectivity index (χ3n) is 4.88. The van der Waals surface area contributed by atoms with Crippen LogP contribution in [0.3, 0.4) is 0 Å². The first kappa shape index (κ1) is 18.3. The topological polar surface area (TPSA) is 93.6 Å². The van der Waals surface area contributed by atoms with Crippen molar-refractivity contribution in [1.82, 2.24) is 9.66 Å². The van der Waals surface area contributed by atoms with E-state index >= 15 is 0 Å². The summed E-state index contributed by atoms with van der Waals surface area (Å²) in [5.74, 6) is 0. The molecular weight excluding hydrogens is 378 g/mol. The van der Waals surface area contributed by atoms with E-state index in [-0.39, 0.29) is 11.2 Å². The zero-order valence-corrected chi connectivity index (χ0v) is 16.4. The number of fused-ring (bicyclic) bond motifs is 3. The van der Waals surface area contributed by atoms with Gasteiger partial charge < -0.3 is 4.90 Å². The molecule has 0 spiro atoms. The molecule has 28 heavy (non-hydrogen) atoms. The molecule has 0 N–H and O–H groups in total. The highest BCUT2D eigenvalue weighted by Crippen LogP contribution is 2.33. The minimum atomic E-state index is -0.450. The van der Waals surface area contributed by atoms with Crippen molar-refractivity contribution >= 4 is 39.1 Å². The lowest BCUT2D eigenvalue weighted by Crippen LogP contribution is -2.18. The third-order valence-corrected chi connectivity index (χ3v) is 6.08. The van der Waals surface area contributed by atoms with Gasteiger partial charge in [-0.1, -0.05) is 0 Å². The number of rotatable bonds is 4. The Morgan fingerprint density at radius 3 is 2.86 bits per heavy atom. The monoisotopic (exact) mass is 397 g/mol. The van der Waals surface area contributed by atoms with Crippen molar-refractivity contribution in [3.8, 4) is 0 Å². The molecule has 0 amide bonds. The number of benzene rings is 1. The van der Waals surface area contributed by atoms with Gasteiger partial charge in [-0.25, -0.2) is 4.98 Å². The summed E-state index contributed by atoms with van der Waals surface area (Å²) >= 11 is 1.59. The number of aryl methyl sites for hydroxylation is 2.